The van der Waals surface area contributed by atoms with Crippen molar-refractivity contribution in [2.24, 2.45) is 0 Å². The van der Waals surface area contributed by atoms with Crippen molar-refractivity contribution in [3.63, 3.8) is 0 Å². The fourth-order valence-electron chi connectivity index (χ4n) is 3.90. The number of hydrogen-bond donors (Lipinski definition) is 2. The van der Waals surface area contributed by atoms with Crippen molar-refractivity contribution in [2.75, 3.05) is 40.8 Å². The molecule has 3 rings (SSSR count). The quantitative estimate of drug-likeness (QED) is 0.770. The summed E-state index contributed by atoms with van der Waals surface area (Å²) < 4.78 is 0.671. The van der Waals surface area contributed by atoms with Gasteiger partial charge in [-0.05, 0) is 30.7 Å². The number of likely N-dealkylation sites (tertiary alicyclic amines) is 1. The van der Waals surface area contributed by atoms with Crippen LogP contribution in [0.15, 0.2) is 54.6 Å². The molecule has 0 aromatic heterocycles. The summed E-state index contributed by atoms with van der Waals surface area (Å²) in [5.41, 5.74) is 3.09. The third-order valence-electron chi connectivity index (χ3n) is 5.66. The van der Waals surface area contributed by atoms with Gasteiger partial charge in [-0.2, -0.15) is 0 Å². The summed E-state index contributed by atoms with van der Waals surface area (Å²) in [6, 6.07) is 18.6. The van der Waals surface area contributed by atoms with Crippen LogP contribution in [0.3, 0.4) is 0 Å². The van der Waals surface area contributed by atoms with Gasteiger partial charge in [0.15, 0.2) is 0 Å². The molecule has 1 amide bonds. The van der Waals surface area contributed by atoms with Crippen molar-refractivity contribution in [2.45, 2.75) is 18.6 Å². The number of hydrogen-bond acceptors (Lipinski definition) is 3. The molecule has 1 aliphatic rings. The lowest BCUT2D eigenvalue weighted by atomic mass is 10.0. The summed E-state index contributed by atoms with van der Waals surface area (Å²) in [6.45, 7) is 2.55. The summed E-state index contributed by atoms with van der Waals surface area (Å²) in [6.07, 6.45) is 0.624. The van der Waals surface area contributed by atoms with E-state index in [1.54, 1.807) is 7.05 Å². The van der Waals surface area contributed by atoms with Gasteiger partial charge in [-0.25, -0.2) is 0 Å². The van der Waals surface area contributed by atoms with E-state index in [1.807, 2.05) is 30.3 Å². The average Bonchev–Trinajstić information content (AvgIpc) is 3.11. The summed E-state index contributed by atoms with van der Waals surface area (Å²) in [4.78, 5) is 14.2. The molecule has 0 spiro atoms. The molecule has 0 saturated carbocycles. The maximum atomic E-state index is 11.8. The van der Waals surface area contributed by atoms with E-state index in [0.717, 1.165) is 31.7 Å². The summed E-state index contributed by atoms with van der Waals surface area (Å²) in [7, 11) is 6.06. The smallest absolute Gasteiger partial charge is 0.251 e. The van der Waals surface area contributed by atoms with Crippen LogP contribution < -0.4 is 9.80 Å². The number of carbonyl (C=O) groups is 1. The van der Waals surface area contributed by atoms with Crippen LogP contribution in [-0.4, -0.2) is 62.8 Å². The zero-order valence-electron chi connectivity index (χ0n) is 16.4. The molecule has 0 bridgehead atoms. The number of benzene rings is 2. The summed E-state index contributed by atoms with van der Waals surface area (Å²) in [5.74, 6) is -0.0717. The monoisotopic (exact) mass is 368 g/mol. The summed E-state index contributed by atoms with van der Waals surface area (Å²) >= 11 is 0. The SMILES string of the molecule is CNC(=O)c1ccc([N+](C)(C)[C@H](CN2CC[C@H](O)C2)c2ccccc2)cc1. The van der Waals surface area contributed by atoms with Crippen LogP contribution in [0.25, 0.3) is 0 Å². The van der Waals surface area contributed by atoms with E-state index in [2.05, 4.69) is 48.6 Å². The Hall–Kier alpha value is -2.21. The van der Waals surface area contributed by atoms with Gasteiger partial charge >= 0.3 is 0 Å². The fraction of sp³-hybridized carbons (Fsp3) is 0.409. The highest BCUT2D eigenvalue weighted by molar-refractivity contribution is 5.94. The van der Waals surface area contributed by atoms with Gasteiger partial charge < -0.3 is 10.4 Å². The first-order valence-electron chi connectivity index (χ1n) is 9.53. The predicted molar refractivity (Wildman–Crippen MR) is 110 cm³/mol. The van der Waals surface area contributed by atoms with Gasteiger partial charge in [-0.3, -0.25) is 14.2 Å². The maximum absolute atomic E-state index is 11.8. The van der Waals surface area contributed by atoms with E-state index in [9.17, 15) is 9.90 Å². The number of β-amino-alcohol motifs (C(OH)–C–C–N with tert-alkyl or cyclic N) is 1. The number of likely N-dealkylation sites (N-methyl/N-ethyl adjacent to an activating group) is 1. The molecule has 2 N–H and O–H groups in total. The molecule has 144 valence electrons. The van der Waals surface area contributed by atoms with Gasteiger partial charge in [0.2, 0.25) is 0 Å². The predicted octanol–water partition coefficient (Wildman–Crippen LogP) is 2.42. The van der Waals surface area contributed by atoms with E-state index < -0.39 is 0 Å². The van der Waals surface area contributed by atoms with Gasteiger partial charge in [0.05, 0.1) is 26.7 Å². The molecular formula is C22H30N3O2+. The van der Waals surface area contributed by atoms with Crippen LogP contribution in [0.1, 0.15) is 28.4 Å². The maximum Gasteiger partial charge on any atom is 0.251 e. The van der Waals surface area contributed by atoms with Crippen molar-refractivity contribution in [3.05, 3.63) is 65.7 Å². The number of aliphatic hydroxyl groups is 1. The molecular weight excluding hydrogens is 338 g/mol. The van der Waals surface area contributed by atoms with Crippen LogP contribution in [0.2, 0.25) is 0 Å². The Kier molecular flexibility index (Phi) is 5.95. The third-order valence-corrected chi connectivity index (χ3v) is 5.66. The number of nitrogens with zero attached hydrogens (tertiary/aromatic N) is 2. The zero-order valence-corrected chi connectivity index (χ0v) is 16.4. The molecule has 2 aromatic rings. The lowest BCUT2D eigenvalue weighted by molar-refractivity contribution is 0.0963. The second-order valence-electron chi connectivity index (χ2n) is 7.79. The van der Waals surface area contributed by atoms with E-state index >= 15 is 0 Å². The van der Waals surface area contributed by atoms with Gasteiger partial charge in [-0.15, -0.1) is 0 Å². The normalized spacial score (nSPS) is 19.0. The second-order valence-corrected chi connectivity index (χ2v) is 7.79. The van der Waals surface area contributed by atoms with Crippen molar-refractivity contribution in [3.8, 4) is 0 Å². The number of amides is 1. The molecule has 1 saturated heterocycles. The Morgan fingerprint density at radius 3 is 2.41 bits per heavy atom. The molecule has 2 aromatic carbocycles. The van der Waals surface area contributed by atoms with Crippen molar-refractivity contribution >= 4 is 11.6 Å². The first kappa shape index (κ1) is 19.5. The average molecular weight is 369 g/mol. The minimum Gasteiger partial charge on any atom is -0.392 e. The van der Waals surface area contributed by atoms with Gasteiger partial charge in [0.1, 0.15) is 11.7 Å². The molecule has 0 unspecified atom stereocenters. The highest BCUT2D eigenvalue weighted by atomic mass is 16.3. The lowest BCUT2D eigenvalue weighted by Crippen LogP contribution is -2.49. The molecule has 0 radical (unpaired) electrons. The van der Waals surface area contributed by atoms with Gasteiger partial charge in [0, 0.05) is 31.3 Å². The molecule has 1 fully saturated rings. The van der Waals surface area contributed by atoms with Crippen molar-refractivity contribution < 1.29 is 9.90 Å². The van der Waals surface area contributed by atoms with Crippen LogP contribution >= 0.6 is 0 Å². The number of carbonyl (C=O) groups excluding carboxylic acids is 1. The first-order valence-corrected chi connectivity index (χ1v) is 9.53. The van der Waals surface area contributed by atoms with Crippen molar-refractivity contribution in [1.82, 2.24) is 14.7 Å². The molecule has 27 heavy (non-hydrogen) atoms. The Bertz CT molecular complexity index is 759. The highest BCUT2D eigenvalue weighted by Gasteiger charge is 2.35. The standard InChI is InChI=1S/C22H29N3O2/c1-23-22(27)18-9-11-19(12-10-18)25(2,3)21(17-7-5-4-6-8-17)16-24-14-13-20(26)15-24/h4-12,20-21,26H,13-16H2,1-3H3/p+1/t20-,21+/m0/s1. The third kappa shape index (κ3) is 4.38. The largest absolute Gasteiger partial charge is 0.392 e. The van der Waals surface area contributed by atoms with Gasteiger partial charge in [0.25, 0.3) is 5.91 Å². The second kappa shape index (κ2) is 8.21. The van der Waals surface area contributed by atoms with Crippen molar-refractivity contribution in [1.29, 1.82) is 0 Å². The zero-order chi connectivity index (χ0) is 19.4. The first-order chi connectivity index (χ1) is 12.9. The van der Waals surface area contributed by atoms with Crippen LogP contribution in [-0.2, 0) is 0 Å². The molecule has 2 atom stereocenters. The summed E-state index contributed by atoms with van der Waals surface area (Å²) in [5, 5.41) is 12.6. The van der Waals surface area contributed by atoms with Crippen LogP contribution in [0, 0.1) is 0 Å². The van der Waals surface area contributed by atoms with E-state index in [4.69, 9.17) is 0 Å². The van der Waals surface area contributed by atoms with Gasteiger partial charge in [-0.1, -0.05) is 30.3 Å². The number of quaternary nitrogens is 1. The fourth-order valence-corrected chi connectivity index (χ4v) is 3.90. The molecule has 5 nitrogen and oxygen atoms in total. The van der Waals surface area contributed by atoms with E-state index in [-0.39, 0.29) is 18.1 Å². The number of nitrogens with one attached hydrogen (secondary N) is 1. The minimum atomic E-state index is -0.219. The molecule has 5 heteroatoms. The Labute approximate surface area is 161 Å². The number of rotatable bonds is 6. The highest BCUT2D eigenvalue weighted by Crippen LogP contribution is 2.33. The Morgan fingerprint density at radius 1 is 1.19 bits per heavy atom. The minimum absolute atomic E-state index is 0.0717. The Morgan fingerprint density at radius 2 is 1.85 bits per heavy atom. The lowest BCUT2D eigenvalue weighted by Gasteiger charge is -2.39. The van der Waals surface area contributed by atoms with E-state index in [1.165, 1.54) is 5.56 Å². The van der Waals surface area contributed by atoms with Crippen LogP contribution in [0.4, 0.5) is 5.69 Å². The van der Waals surface area contributed by atoms with Crippen LogP contribution in [0.5, 0.6) is 0 Å². The molecule has 1 aliphatic heterocycles. The molecule has 1 heterocycles. The van der Waals surface area contributed by atoms with E-state index in [0.29, 0.717) is 10.0 Å². The topological polar surface area (TPSA) is 52.6 Å². The number of aliphatic hydroxyl groups excluding tert-OH is 1. The Balaban J connectivity index is 1.90. The molecule has 0 aliphatic carbocycles.